The molecule has 0 aliphatic heterocycles. The lowest BCUT2D eigenvalue weighted by Crippen LogP contribution is -2.29. The van der Waals surface area contributed by atoms with Crippen LogP contribution in [0.25, 0.3) is 10.1 Å². The van der Waals surface area contributed by atoms with Gasteiger partial charge in [-0.25, -0.2) is 4.79 Å². The fourth-order valence-corrected chi connectivity index (χ4v) is 3.62. The number of anilines is 1. The number of amides is 1. The third kappa shape index (κ3) is 4.53. The third-order valence-electron chi connectivity index (χ3n) is 3.99. The Bertz CT molecular complexity index is 1190. The number of carbonyl (C=O) groups excluding carboxylic acids is 2. The van der Waals surface area contributed by atoms with Crippen LogP contribution in [0.15, 0.2) is 42.5 Å². The van der Waals surface area contributed by atoms with Crippen molar-refractivity contribution in [3.63, 3.8) is 0 Å². The van der Waals surface area contributed by atoms with E-state index in [0.29, 0.717) is 10.1 Å². The zero-order valence-electron chi connectivity index (χ0n) is 15.2. The molecule has 12 heteroatoms. The van der Waals surface area contributed by atoms with Gasteiger partial charge in [0.25, 0.3) is 17.3 Å². The Morgan fingerprint density at radius 1 is 1.07 bits per heavy atom. The summed E-state index contributed by atoms with van der Waals surface area (Å²) in [5, 5.41) is 24.5. The Hall–Kier alpha value is -3.57. The summed E-state index contributed by atoms with van der Waals surface area (Å²) in [5.41, 5.74) is -0.209. The number of halogens is 1. The van der Waals surface area contributed by atoms with Crippen LogP contribution in [0, 0.1) is 20.2 Å². The van der Waals surface area contributed by atoms with Crippen LogP contribution in [0.3, 0.4) is 0 Å². The van der Waals surface area contributed by atoms with Crippen LogP contribution in [-0.2, 0) is 9.53 Å². The van der Waals surface area contributed by atoms with E-state index in [1.165, 1.54) is 43.3 Å². The molecule has 0 aliphatic rings. The Labute approximate surface area is 177 Å². The number of thiophene rings is 1. The molecule has 1 atom stereocenters. The Morgan fingerprint density at radius 3 is 2.33 bits per heavy atom. The highest BCUT2D eigenvalue weighted by Gasteiger charge is 2.22. The van der Waals surface area contributed by atoms with Crippen LogP contribution < -0.4 is 5.32 Å². The summed E-state index contributed by atoms with van der Waals surface area (Å²) >= 11 is 7.01. The molecule has 1 amide bonds. The molecular weight excluding hydrogens is 438 g/mol. The van der Waals surface area contributed by atoms with Gasteiger partial charge in [-0.3, -0.25) is 25.0 Å². The number of hydrogen-bond donors (Lipinski definition) is 1. The number of ether oxygens (including phenoxy) is 1. The molecule has 154 valence electrons. The van der Waals surface area contributed by atoms with Gasteiger partial charge < -0.3 is 10.1 Å². The van der Waals surface area contributed by atoms with Crippen molar-refractivity contribution >= 4 is 62.0 Å². The first-order valence-electron chi connectivity index (χ1n) is 8.29. The molecule has 1 N–H and O–H groups in total. The molecular formula is C18H12ClN3O7S. The van der Waals surface area contributed by atoms with E-state index in [1.54, 1.807) is 0 Å². The number of nitro groups is 2. The molecule has 0 fully saturated rings. The van der Waals surface area contributed by atoms with Gasteiger partial charge in [0.05, 0.1) is 20.6 Å². The van der Waals surface area contributed by atoms with E-state index < -0.39 is 27.8 Å². The lowest BCUT2D eigenvalue weighted by molar-refractivity contribution is -0.385. The molecule has 3 rings (SSSR count). The van der Waals surface area contributed by atoms with Crippen LogP contribution in [0.4, 0.5) is 17.1 Å². The van der Waals surface area contributed by atoms with Crippen molar-refractivity contribution in [2.24, 2.45) is 0 Å². The second-order valence-electron chi connectivity index (χ2n) is 6.05. The molecule has 10 nitrogen and oxygen atoms in total. The highest BCUT2D eigenvalue weighted by molar-refractivity contribution is 7.20. The lowest BCUT2D eigenvalue weighted by atomic mass is 10.2. The Balaban J connectivity index is 1.69. The van der Waals surface area contributed by atoms with Crippen LogP contribution in [0.2, 0.25) is 5.02 Å². The fraction of sp³-hybridized carbons (Fsp3) is 0.111. The first-order chi connectivity index (χ1) is 14.2. The number of rotatable bonds is 6. The molecule has 0 saturated carbocycles. The SMILES string of the molecule is CC(OC(=O)c1cc2cc([N+](=O)[O-])ccc2s1)C(=O)Nc1ccc([N+](=O)[O-])cc1Cl. The van der Waals surface area contributed by atoms with Crippen molar-refractivity contribution in [3.8, 4) is 0 Å². The molecule has 0 aliphatic carbocycles. The number of nitrogens with one attached hydrogen (secondary N) is 1. The third-order valence-corrected chi connectivity index (χ3v) is 5.40. The van der Waals surface area contributed by atoms with E-state index in [0.717, 1.165) is 17.4 Å². The summed E-state index contributed by atoms with van der Waals surface area (Å²) in [7, 11) is 0. The van der Waals surface area contributed by atoms with Crippen molar-refractivity contribution in [2.75, 3.05) is 5.32 Å². The first-order valence-corrected chi connectivity index (χ1v) is 9.49. The molecule has 0 radical (unpaired) electrons. The topological polar surface area (TPSA) is 142 Å². The first kappa shape index (κ1) is 21.1. The number of nitrogens with zero attached hydrogens (tertiary/aromatic N) is 2. The second kappa shape index (κ2) is 8.43. The number of benzene rings is 2. The van der Waals surface area contributed by atoms with Crippen LogP contribution in [-0.4, -0.2) is 27.8 Å². The normalized spacial score (nSPS) is 11.7. The van der Waals surface area contributed by atoms with Gasteiger partial charge in [0, 0.05) is 34.4 Å². The quantitative estimate of drug-likeness (QED) is 0.330. The maximum absolute atomic E-state index is 12.4. The summed E-state index contributed by atoms with van der Waals surface area (Å²) in [6.07, 6.45) is -1.19. The van der Waals surface area contributed by atoms with Crippen LogP contribution in [0.5, 0.6) is 0 Å². The monoisotopic (exact) mass is 449 g/mol. The largest absolute Gasteiger partial charge is 0.448 e. The van der Waals surface area contributed by atoms with E-state index in [2.05, 4.69) is 5.32 Å². The lowest BCUT2D eigenvalue weighted by Gasteiger charge is -2.13. The van der Waals surface area contributed by atoms with Crippen molar-refractivity contribution in [3.05, 3.63) is 72.6 Å². The molecule has 30 heavy (non-hydrogen) atoms. The maximum atomic E-state index is 12.4. The van der Waals surface area contributed by atoms with Gasteiger partial charge >= 0.3 is 5.97 Å². The van der Waals surface area contributed by atoms with Crippen LogP contribution in [0.1, 0.15) is 16.6 Å². The molecule has 3 aromatic rings. The van der Waals surface area contributed by atoms with E-state index in [4.69, 9.17) is 16.3 Å². The number of nitro benzene ring substituents is 2. The van der Waals surface area contributed by atoms with E-state index >= 15 is 0 Å². The number of esters is 1. The van der Waals surface area contributed by atoms with Gasteiger partial charge in [-0.15, -0.1) is 11.3 Å². The van der Waals surface area contributed by atoms with Crippen molar-refractivity contribution in [1.82, 2.24) is 0 Å². The average Bonchev–Trinajstić information content (AvgIpc) is 3.12. The van der Waals surface area contributed by atoms with E-state index in [-0.39, 0.29) is 27.0 Å². The molecule has 0 saturated heterocycles. The zero-order valence-corrected chi connectivity index (χ0v) is 16.7. The predicted molar refractivity (Wildman–Crippen MR) is 110 cm³/mol. The zero-order chi connectivity index (χ0) is 22.0. The molecule has 1 unspecified atom stereocenters. The molecule has 0 spiro atoms. The predicted octanol–water partition coefficient (Wildman–Crippen LogP) is 4.56. The standard InChI is InChI=1S/C18H12ClN3O7S/c1-9(17(23)20-14-4-2-12(22(27)28)8-13(14)19)29-18(24)16-7-10-6-11(21(25)26)3-5-15(10)30-16/h2-9H,1H3,(H,20,23). The maximum Gasteiger partial charge on any atom is 0.349 e. The molecule has 2 aromatic carbocycles. The van der Waals surface area contributed by atoms with Gasteiger partial charge in [-0.1, -0.05) is 11.6 Å². The summed E-state index contributed by atoms with van der Waals surface area (Å²) in [6, 6.07) is 9.19. The van der Waals surface area contributed by atoms with Crippen molar-refractivity contribution in [1.29, 1.82) is 0 Å². The van der Waals surface area contributed by atoms with Gasteiger partial charge in [0.15, 0.2) is 6.10 Å². The number of hydrogen-bond acceptors (Lipinski definition) is 8. The summed E-state index contributed by atoms with van der Waals surface area (Å²) in [6.45, 7) is 1.35. The van der Waals surface area contributed by atoms with Crippen molar-refractivity contribution in [2.45, 2.75) is 13.0 Å². The second-order valence-corrected chi connectivity index (χ2v) is 7.54. The summed E-state index contributed by atoms with van der Waals surface area (Å²) in [4.78, 5) is 45.3. The summed E-state index contributed by atoms with van der Waals surface area (Å²) in [5.74, 6) is -1.45. The van der Waals surface area contributed by atoms with Gasteiger partial charge in [-0.2, -0.15) is 0 Å². The Morgan fingerprint density at radius 2 is 1.70 bits per heavy atom. The minimum Gasteiger partial charge on any atom is -0.448 e. The van der Waals surface area contributed by atoms with Crippen LogP contribution >= 0.6 is 22.9 Å². The molecule has 0 bridgehead atoms. The fourth-order valence-electron chi connectivity index (χ4n) is 2.47. The summed E-state index contributed by atoms with van der Waals surface area (Å²) < 4.78 is 5.81. The van der Waals surface area contributed by atoms with E-state index in [1.807, 2.05) is 0 Å². The number of non-ortho nitro benzene ring substituents is 2. The van der Waals surface area contributed by atoms with Gasteiger partial charge in [-0.05, 0) is 25.1 Å². The van der Waals surface area contributed by atoms with E-state index in [9.17, 15) is 29.8 Å². The van der Waals surface area contributed by atoms with Gasteiger partial charge in [0.1, 0.15) is 4.88 Å². The highest BCUT2D eigenvalue weighted by Crippen LogP contribution is 2.30. The number of carbonyl (C=O) groups is 2. The number of fused-ring (bicyclic) bond motifs is 1. The highest BCUT2D eigenvalue weighted by atomic mass is 35.5. The Kier molecular flexibility index (Phi) is 5.94. The minimum atomic E-state index is -1.19. The molecule has 1 heterocycles. The van der Waals surface area contributed by atoms with Crippen molar-refractivity contribution < 1.29 is 24.2 Å². The average molecular weight is 450 g/mol. The minimum absolute atomic E-state index is 0.0397. The van der Waals surface area contributed by atoms with Gasteiger partial charge in [0.2, 0.25) is 0 Å². The smallest absolute Gasteiger partial charge is 0.349 e. The molecule has 1 aromatic heterocycles.